The van der Waals surface area contributed by atoms with Crippen molar-refractivity contribution in [2.24, 2.45) is 23.2 Å². The molecule has 0 aliphatic heterocycles. The van der Waals surface area contributed by atoms with Crippen LogP contribution in [0.5, 0.6) is 0 Å². The predicted molar refractivity (Wildman–Crippen MR) is 69.0 cm³/mol. The molecular formula is C16H25Y-. The summed E-state index contributed by atoms with van der Waals surface area (Å²) in [4.78, 5) is 0. The first-order valence-electron chi connectivity index (χ1n) is 7.21. The Kier molecular flexibility index (Phi) is 4.57. The van der Waals surface area contributed by atoms with Gasteiger partial charge < -0.3 is 6.42 Å². The molecule has 2 fully saturated rings. The van der Waals surface area contributed by atoms with Gasteiger partial charge >= 0.3 is 0 Å². The van der Waals surface area contributed by atoms with Crippen molar-refractivity contribution >= 4 is 0 Å². The second kappa shape index (κ2) is 5.45. The van der Waals surface area contributed by atoms with E-state index < -0.39 is 0 Å². The molecule has 2 unspecified atom stereocenters. The number of hydrogen-bond donors (Lipinski definition) is 0. The zero-order valence-electron chi connectivity index (χ0n) is 11.4. The Balaban J connectivity index is 0.00000108. The zero-order chi connectivity index (χ0) is 11.2. The molecule has 0 nitrogen and oxygen atoms in total. The molecule has 0 aromatic heterocycles. The van der Waals surface area contributed by atoms with Crippen LogP contribution < -0.4 is 0 Å². The largest absolute Gasteiger partial charge is 0.325 e. The topological polar surface area (TPSA) is 0 Å². The van der Waals surface area contributed by atoms with Gasteiger partial charge in [-0.15, -0.1) is 0 Å². The number of rotatable bonds is 0. The number of allylic oxidation sites excluding steroid dienone is 2. The van der Waals surface area contributed by atoms with Crippen LogP contribution in [-0.4, -0.2) is 0 Å². The van der Waals surface area contributed by atoms with Crippen molar-refractivity contribution in [3.05, 3.63) is 18.1 Å². The van der Waals surface area contributed by atoms with E-state index in [2.05, 4.69) is 26.3 Å². The van der Waals surface area contributed by atoms with Gasteiger partial charge in [-0.3, -0.25) is 0 Å². The molecule has 2 saturated carbocycles. The first-order valence-corrected chi connectivity index (χ1v) is 7.21. The van der Waals surface area contributed by atoms with E-state index in [4.69, 9.17) is 0 Å². The van der Waals surface area contributed by atoms with Crippen LogP contribution in [0.1, 0.15) is 58.8 Å². The second-order valence-corrected chi connectivity index (χ2v) is 6.70. The zero-order valence-corrected chi connectivity index (χ0v) is 14.3. The van der Waals surface area contributed by atoms with Crippen LogP contribution in [-0.2, 0) is 32.7 Å². The Morgan fingerprint density at radius 1 is 1.35 bits per heavy atom. The fraction of sp³-hybridized carbons (Fsp3) is 0.812. The molecule has 0 spiro atoms. The Morgan fingerprint density at radius 3 is 3.00 bits per heavy atom. The van der Waals surface area contributed by atoms with Crippen LogP contribution in [0.2, 0.25) is 0 Å². The molecule has 3 rings (SSSR count). The Hall–Kier alpha value is 0.844. The van der Waals surface area contributed by atoms with Crippen LogP contribution in [0.3, 0.4) is 0 Å². The molecule has 0 N–H and O–H groups in total. The minimum absolute atomic E-state index is 0. The molecule has 0 aromatic carbocycles. The maximum absolute atomic E-state index is 2.61. The van der Waals surface area contributed by atoms with Crippen LogP contribution in [0.4, 0.5) is 0 Å². The molecular weight excluding hydrogens is 281 g/mol. The summed E-state index contributed by atoms with van der Waals surface area (Å²) in [5, 5.41) is 0. The van der Waals surface area contributed by atoms with Crippen LogP contribution in [0, 0.1) is 29.6 Å². The maximum atomic E-state index is 2.61. The Labute approximate surface area is 132 Å². The van der Waals surface area contributed by atoms with Gasteiger partial charge in [-0.25, -0.2) is 0 Å². The van der Waals surface area contributed by atoms with Gasteiger partial charge in [-0.1, -0.05) is 38.3 Å². The molecule has 3 aliphatic carbocycles. The first-order chi connectivity index (χ1) is 7.70. The Bertz CT molecular complexity index is 307. The van der Waals surface area contributed by atoms with Gasteiger partial charge in [0.05, 0.1) is 0 Å². The van der Waals surface area contributed by atoms with Crippen molar-refractivity contribution in [3.63, 3.8) is 0 Å². The van der Waals surface area contributed by atoms with Gasteiger partial charge in [0.1, 0.15) is 0 Å². The summed E-state index contributed by atoms with van der Waals surface area (Å²) < 4.78 is 0. The molecule has 1 heteroatoms. The van der Waals surface area contributed by atoms with E-state index >= 15 is 0 Å². The van der Waals surface area contributed by atoms with E-state index in [0.29, 0.717) is 5.41 Å². The molecule has 1 radical (unpaired) electrons. The van der Waals surface area contributed by atoms with Crippen molar-refractivity contribution in [1.82, 2.24) is 0 Å². The third-order valence-electron chi connectivity index (χ3n) is 5.70. The molecule has 93 valence electrons. The third-order valence-corrected chi connectivity index (χ3v) is 5.70. The fourth-order valence-electron chi connectivity index (χ4n) is 4.68. The molecule has 0 saturated heterocycles. The quantitative estimate of drug-likeness (QED) is 0.447. The summed E-state index contributed by atoms with van der Waals surface area (Å²) in [7, 11) is 0. The van der Waals surface area contributed by atoms with Crippen molar-refractivity contribution in [3.8, 4) is 0 Å². The normalized spacial score (nSPS) is 45.1. The molecule has 0 aromatic rings. The van der Waals surface area contributed by atoms with Crippen molar-refractivity contribution in [2.75, 3.05) is 0 Å². The molecule has 0 bridgehead atoms. The third kappa shape index (κ3) is 2.46. The average molecular weight is 306 g/mol. The van der Waals surface area contributed by atoms with E-state index in [1.165, 1.54) is 44.9 Å². The summed E-state index contributed by atoms with van der Waals surface area (Å²) in [5.74, 6) is 3.00. The van der Waals surface area contributed by atoms with Crippen LogP contribution in [0.15, 0.2) is 11.6 Å². The van der Waals surface area contributed by atoms with Crippen LogP contribution in [0.25, 0.3) is 0 Å². The second-order valence-electron chi connectivity index (χ2n) is 6.70. The van der Waals surface area contributed by atoms with Gasteiger partial charge in [0.2, 0.25) is 0 Å². The van der Waals surface area contributed by atoms with E-state index in [-0.39, 0.29) is 32.7 Å². The SMILES string of the molecule is C[C@@H]1CCC2C(CC=C3C[CH-]CC[C@@]32C)C1.[Y]. The molecule has 4 atom stereocenters. The minimum atomic E-state index is 0. The van der Waals surface area contributed by atoms with Crippen molar-refractivity contribution < 1.29 is 32.7 Å². The molecule has 0 amide bonds. The first kappa shape index (κ1) is 14.3. The average Bonchev–Trinajstić information content (AvgIpc) is 2.28. The van der Waals surface area contributed by atoms with Gasteiger partial charge in [-0.2, -0.15) is 12.8 Å². The van der Waals surface area contributed by atoms with Crippen molar-refractivity contribution in [2.45, 2.75) is 58.8 Å². The Morgan fingerprint density at radius 2 is 2.18 bits per heavy atom. The standard InChI is InChI=1S/C16H25.Y/c1-12-6-9-15-13(11-12)7-8-14-5-3-4-10-16(14,15)2;/h3,8,12-13,15H,4-7,9-11H2,1-2H3;/q-1;/t12-,13?,15?,16+;/m1./s1. The van der Waals surface area contributed by atoms with Gasteiger partial charge in [0.25, 0.3) is 0 Å². The molecule has 17 heavy (non-hydrogen) atoms. The summed E-state index contributed by atoms with van der Waals surface area (Å²) in [5.41, 5.74) is 2.37. The molecule has 0 heterocycles. The number of fused-ring (bicyclic) bond motifs is 3. The van der Waals surface area contributed by atoms with Crippen LogP contribution >= 0.6 is 0 Å². The van der Waals surface area contributed by atoms with E-state index in [1.807, 2.05) is 0 Å². The number of hydrogen-bond acceptors (Lipinski definition) is 0. The van der Waals surface area contributed by atoms with Gasteiger partial charge in [-0.05, 0) is 42.4 Å². The smallest absolute Gasteiger partial charge is 0 e. The van der Waals surface area contributed by atoms with Gasteiger partial charge in [0.15, 0.2) is 0 Å². The summed E-state index contributed by atoms with van der Waals surface area (Å²) in [6, 6.07) is 0. The van der Waals surface area contributed by atoms with E-state index in [0.717, 1.165) is 17.8 Å². The van der Waals surface area contributed by atoms with E-state index in [1.54, 1.807) is 5.57 Å². The monoisotopic (exact) mass is 306 g/mol. The predicted octanol–water partition coefficient (Wildman–Crippen LogP) is 4.76. The summed E-state index contributed by atoms with van der Waals surface area (Å²) in [6.07, 6.45) is 15.0. The minimum Gasteiger partial charge on any atom is -0.325 e. The molecule has 3 aliphatic rings. The maximum Gasteiger partial charge on any atom is 0 e. The summed E-state index contributed by atoms with van der Waals surface area (Å²) in [6.45, 7) is 5.02. The van der Waals surface area contributed by atoms with E-state index in [9.17, 15) is 0 Å². The summed E-state index contributed by atoms with van der Waals surface area (Å²) >= 11 is 0. The van der Waals surface area contributed by atoms with Crippen molar-refractivity contribution in [1.29, 1.82) is 0 Å². The van der Waals surface area contributed by atoms with Gasteiger partial charge in [0, 0.05) is 32.7 Å². The fourth-order valence-corrected chi connectivity index (χ4v) is 4.68.